The molecule has 0 spiro atoms. The van der Waals surface area contributed by atoms with Crippen LogP contribution in [0.25, 0.3) is 0 Å². The third kappa shape index (κ3) is 5.64. The van der Waals surface area contributed by atoms with Gasteiger partial charge < -0.3 is 5.32 Å². The van der Waals surface area contributed by atoms with Gasteiger partial charge in [-0.3, -0.25) is 4.90 Å². The molecule has 0 saturated carbocycles. The number of thiophene rings is 1. The van der Waals surface area contributed by atoms with E-state index in [0.29, 0.717) is 6.04 Å². The van der Waals surface area contributed by atoms with E-state index in [1.165, 1.54) is 15.3 Å². The molecule has 110 valence electrons. The van der Waals surface area contributed by atoms with Crippen molar-refractivity contribution in [1.29, 1.82) is 0 Å². The summed E-state index contributed by atoms with van der Waals surface area (Å²) >= 11 is 1.94. The van der Waals surface area contributed by atoms with Crippen LogP contribution < -0.4 is 5.32 Å². The average molecular weight is 282 g/mol. The molecule has 0 radical (unpaired) electrons. The van der Waals surface area contributed by atoms with Crippen molar-refractivity contribution in [2.75, 3.05) is 13.1 Å². The number of rotatable bonds is 8. The van der Waals surface area contributed by atoms with E-state index in [4.69, 9.17) is 0 Å². The lowest BCUT2D eigenvalue weighted by molar-refractivity contribution is 0.225. The molecule has 1 aromatic rings. The molecule has 0 aliphatic heterocycles. The quantitative estimate of drug-likeness (QED) is 0.774. The molecule has 19 heavy (non-hydrogen) atoms. The summed E-state index contributed by atoms with van der Waals surface area (Å²) < 4.78 is 0. The molecule has 0 fully saturated rings. The number of hydrogen-bond donors (Lipinski definition) is 1. The number of nitrogens with one attached hydrogen (secondary N) is 1. The molecule has 0 bridgehead atoms. The molecular weight excluding hydrogens is 252 g/mol. The Morgan fingerprint density at radius 2 is 1.95 bits per heavy atom. The first kappa shape index (κ1) is 16.7. The van der Waals surface area contributed by atoms with Crippen LogP contribution in [0, 0.1) is 12.8 Å². The standard InChI is InChI=1S/C16H30N2S/c1-7-18(13(4)5)11-15-8-16(19-14(15)6)10-17-9-12(2)3/h8,12-13,17H,7,9-11H2,1-6H3. The van der Waals surface area contributed by atoms with Gasteiger partial charge in [0.15, 0.2) is 0 Å². The van der Waals surface area contributed by atoms with Gasteiger partial charge in [0, 0.05) is 28.9 Å². The van der Waals surface area contributed by atoms with Crippen LogP contribution in [0.1, 0.15) is 49.9 Å². The highest BCUT2D eigenvalue weighted by Gasteiger charge is 2.12. The zero-order chi connectivity index (χ0) is 14.4. The van der Waals surface area contributed by atoms with Crippen LogP contribution >= 0.6 is 11.3 Å². The van der Waals surface area contributed by atoms with Gasteiger partial charge in [-0.1, -0.05) is 20.8 Å². The highest BCUT2D eigenvalue weighted by atomic mass is 32.1. The normalized spacial score (nSPS) is 12.1. The Bertz CT molecular complexity index is 369. The van der Waals surface area contributed by atoms with E-state index in [9.17, 15) is 0 Å². The van der Waals surface area contributed by atoms with E-state index in [1.807, 2.05) is 11.3 Å². The molecule has 1 aromatic heterocycles. The van der Waals surface area contributed by atoms with Crippen LogP contribution in [0.3, 0.4) is 0 Å². The third-order valence-electron chi connectivity index (χ3n) is 3.43. The van der Waals surface area contributed by atoms with Gasteiger partial charge in [-0.2, -0.15) is 0 Å². The van der Waals surface area contributed by atoms with Gasteiger partial charge in [-0.15, -0.1) is 11.3 Å². The first-order valence-corrected chi connectivity index (χ1v) is 8.28. The Morgan fingerprint density at radius 1 is 1.26 bits per heavy atom. The van der Waals surface area contributed by atoms with Gasteiger partial charge in [-0.05, 0) is 51.4 Å². The molecule has 0 aliphatic rings. The Hall–Kier alpha value is -0.380. The number of hydrogen-bond acceptors (Lipinski definition) is 3. The fraction of sp³-hybridized carbons (Fsp3) is 0.750. The van der Waals surface area contributed by atoms with Crippen LogP contribution in [-0.4, -0.2) is 24.0 Å². The summed E-state index contributed by atoms with van der Waals surface area (Å²) in [6.45, 7) is 17.9. The topological polar surface area (TPSA) is 15.3 Å². The van der Waals surface area contributed by atoms with Crippen molar-refractivity contribution >= 4 is 11.3 Å². The zero-order valence-corrected chi connectivity index (χ0v) is 14.2. The first-order chi connectivity index (χ1) is 8.93. The number of aryl methyl sites for hydroxylation is 1. The van der Waals surface area contributed by atoms with Crippen LogP contribution in [0.15, 0.2) is 6.07 Å². The largest absolute Gasteiger partial charge is 0.312 e. The Kier molecular flexibility index (Phi) is 7.05. The molecule has 1 N–H and O–H groups in total. The van der Waals surface area contributed by atoms with Crippen molar-refractivity contribution in [3.8, 4) is 0 Å². The molecule has 2 nitrogen and oxygen atoms in total. The zero-order valence-electron chi connectivity index (χ0n) is 13.4. The predicted molar refractivity (Wildman–Crippen MR) is 86.8 cm³/mol. The SMILES string of the molecule is CCN(Cc1cc(CNCC(C)C)sc1C)C(C)C. The van der Waals surface area contributed by atoms with Crippen molar-refractivity contribution in [2.45, 2.75) is 60.7 Å². The molecule has 1 rings (SSSR count). The predicted octanol–water partition coefficient (Wildman–Crippen LogP) is 4.03. The fourth-order valence-electron chi connectivity index (χ4n) is 2.19. The summed E-state index contributed by atoms with van der Waals surface area (Å²) in [5.74, 6) is 0.719. The first-order valence-electron chi connectivity index (χ1n) is 7.47. The van der Waals surface area contributed by atoms with Crippen molar-refractivity contribution in [3.05, 3.63) is 21.4 Å². The second kappa shape index (κ2) is 8.03. The highest BCUT2D eigenvalue weighted by Crippen LogP contribution is 2.23. The van der Waals surface area contributed by atoms with Gasteiger partial charge >= 0.3 is 0 Å². The van der Waals surface area contributed by atoms with E-state index in [1.54, 1.807) is 0 Å². The summed E-state index contributed by atoms with van der Waals surface area (Å²) in [7, 11) is 0. The van der Waals surface area contributed by atoms with E-state index in [2.05, 4.69) is 57.8 Å². The molecule has 0 unspecified atom stereocenters. The van der Waals surface area contributed by atoms with Crippen molar-refractivity contribution in [1.82, 2.24) is 10.2 Å². The second-order valence-corrected chi connectivity index (χ2v) is 7.32. The Labute approximate surface area is 123 Å². The van der Waals surface area contributed by atoms with Crippen LogP contribution in [-0.2, 0) is 13.1 Å². The van der Waals surface area contributed by atoms with Crippen molar-refractivity contribution in [2.24, 2.45) is 5.92 Å². The molecular formula is C16H30N2S. The third-order valence-corrected chi connectivity index (χ3v) is 4.53. The summed E-state index contributed by atoms with van der Waals surface area (Å²) in [6.07, 6.45) is 0. The van der Waals surface area contributed by atoms with E-state index >= 15 is 0 Å². The summed E-state index contributed by atoms with van der Waals surface area (Å²) in [4.78, 5) is 5.45. The summed E-state index contributed by atoms with van der Waals surface area (Å²) in [5, 5.41) is 3.53. The molecule has 0 aliphatic carbocycles. The minimum absolute atomic E-state index is 0.617. The van der Waals surface area contributed by atoms with E-state index in [0.717, 1.165) is 32.1 Å². The van der Waals surface area contributed by atoms with Gasteiger partial charge in [0.2, 0.25) is 0 Å². The van der Waals surface area contributed by atoms with Crippen LogP contribution in [0.2, 0.25) is 0 Å². The van der Waals surface area contributed by atoms with Crippen LogP contribution in [0.5, 0.6) is 0 Å². The monoisotopic (exact) mass is 282 g/mol. The van der Waals surface area contributed by atoms with E-state index in [-0.39, 0.29) is 0 Å². The lowest BCUT2D eigenvalue weighted by Crippen LogP contribution is -2.29. The maximum atomic E-state index is 3.53. The maximum Gasteiger partial charge on any atom is 0.0300 e. The van der Waals surface area contributed by atoms with Gasteiger partial charge in [0.1, 0.15) is 0 Å². The highest BCUT2D eigenvalue weighted by molar-refractivity contribution is 7.12. The molecule has 0 amide bonds. The fourth-order valence-corrected chi connectivity index (χ4v) is 3.22. The molecule has 0 aromatic carbocycles. The Morgan fingerprint density at radius 3 is 2.47 bits per heavy atom. The smallest absolute Gasteiger partial charge is 0.0300 e. The molecule has 0 saturated heterocycles. The second-order valence-electron chi connectivity index (χ2n) is 5.98. The Balaban J connectivity index is 2.58. The van der Waals surface area contributed by atoms with Crippen LogP contribution in [0.4, 0.5) is 0 Å². The number of nitrogens with zero attached hydrogens (tertiary/aromatic N) is 1. The van der Waals surface area contributed by atoms with Crippen molar-refractivity contribution in [3.63, 3.8) is 0 Å². The molecule has 3 heteroatoms. The minimum atomic E-state index is 0.617. The molecule has 1 heterocycles. The van der Waals surface area contributed by atoms with Crippen molar-refractivity contribution < 1.29 is 0 Å². The lowest BCUT2D eigenvalue weighted by Gasteiger charge is -2.24. The average Bonchev–Trinajstić information content (AvgIpc) is 2.65. The van der Waals surface area contributed by atoms with Gasteiger partial charge in [0.25, 0.3) is 0 Å². The molecule has 0 atom stereocenters. The summed E-state index contributed by atoms with van der Waals surface area (Å²) in [6, 6.07) is 3.00. The minimum Gasteiger partial charge on any atom is -0.312 e. The van der Waals surface area contributed by atoms with E-state index < -0.39 is 0 Å². The lowest BCUT2D eigenvalue weighted by atomic mass is 10.2. The summed E-state index contributed by atoms with van der Waals surface area (Å²) in [5.41, 5.74) is 1.50. The van der Waals surface area contributed by atoms with Gasteiger partial charge in [0.05, 0.1) is 0 Å². The maximum absolute atomic E-state index is 3.53. The van der Waals surface area contributed by atoms with Gasteiger partial charge in [-0.25, -0.2) is 0 Å².